The summed E-state index contributed by atoms with van der Waals surface area (Å²) in [4.78, 5) is 23.2. The van der Waals surface area contributed by atoms with Crippen LogP contribution in [-0.4, -0.2) is 22.2 Å². The van der Waals surface area contributed by atoms with Crippen LogP contribution >= 0.6 is 0 Å². The number of carboxylic acid groups (broad SMARTS) is 2. The first-order valence-corrected chi connectivity index (χ1v) is 6.52. The molecule has 0 aliphatic carbocycles. The van der Waals surface area contributed by atoms with Gasteiger partial charge in [0.25, 0.3) is 0 Å². The van der Waals surface area contributed by atoms with Crippen LogP contribution in [0.4, 0.5) is 0 Å². The van der Waals surface area contributed by atoms with E-state index in [1.165, 1.54) is 24.3 Å². The van der Waals surface area contributed by atoms with E-state index in [0.29, 0.717) is 0 Å². The van der Waals surface area contributed by atoms with Gasteiger partial charge in [-0.25, -0.2) is 9.59 Å². The van der Waals surface area contributed by atoms with Crippen molar-refractivity contribution in [3.8, 4) is 12.1 Å². The van der Waals surface area contributed by atoms with Crippen molar-refractivity contribution in [2.45, 2.75) is 0 Å². The van der Waals surface area contributed by atoms with Crippen molar-refractivity contribution < 1.29 is 19.8 Å². The number of rotatable bonds is 6. The minimum atomic E-state index is -1.42. The zero-order valence-electron chi connectivity index (χ0n) is 12.5. The Labute approximate surface area is 138 Å². The fraction of sp³-hybridized carbons (Fsp3) is 0. The zero-order chi connectivity index (χ0) is 18.3. The van der Waals surface area contributed by atoms with Crippen molar-refractivity contribution in [3.63, 3.8) is 0 Å². The molecule has 0 heterocycles. The van der Waals surface area contributed by atoms with E-state index in [2.05, 4.69) is 13.2 Å². The smallest absolute Gasteiger partial charge is 0.337 e. The van der Waals surface area contributed by atoms with Crippen molar-refractivity contribution in [3.05, 3.63) is 71.8 Å². The summed E-state index contributed by atoms with van der Waals surface area (Å²) in [6, 6.07) is 9.15. The van der Waals surface area contributed by atoms with Gasteiger partial charge in [-0.05, 0) is 11.1 Å². The lowest BCUT2D eigenvalue weighted by atomic mass is 9.89. The van der Waals surface area contributed by atoms with Crippen LogP contribution in [0.3, 0.4) is 0 Å². The van der Waals surface area contributed by atoms with E-state index in [0.717, 1.165) is 12.2 Å². The van der Waals surface area contributed by atoms with Crippen LogP contribution in [0.25, 0.3) is 11.1 Å². The van der Waals surface area contributed by atoms with Gasteiger partial charge in [0.15, 0.2) is 0 Å². The second-order valence-corrected chi connectivity index (χ2v) is 4.37. The number of allylic oxidation sites excluding steroid dienone is 4. The minimum absolute atomic E-state index is 0.00606. The van der Waals surface area contributed by atoms with Crippen LogP contribution < -0.4 is 0 Å². The normalized spacial score (nSPS) is 11.9. The van der Waals surface area contributed by atoms with Gasteiger partial charge in [0.1, 0.15) is 12.1 Å². The molecular formula is C18H12N2O4. The summed E-state index contributed by atoms with van der Waals surface area (Å²) >= 11 is 0. The Morgan fingerprint density at radius 2 is 1.21 bits per heavy atom. The van der Waals surface area contributed by atoms with Gasteiger partial charge < -0.3 is 10.2 Å². The van der Waals surface area contributed by atoms with E-state index in [9.17, 15) is 19.8 Å². The fourth-order valence-corrected chi connectivity index (χ4v) is 2.08. The lowest BCUT2D eigenvalue weighted by Gasteiger charge is -2.12. The van der Waals surface area contributed by atoms with Crippen LogP contribution in [0.1, 0.15) is 11.1 Å². The van der Waals surface area contributed by atoms with Gasteiger partial charge in [0.05, 0.1) is 22.3 Å². The molecule has 0 aliphatic heterocycles. The van der Waals surface area contributed by atoms with Crippen LogP contribution in [0, 0.1) is 22.7 Å². The molecule has 0 amide bonds. The SMILES string of the molecule is C=CC(C#N)=C(C(=O)O)c1ccccc1C(C(=O)O)=C(C#N)C=C. The number of nitriles is 2. The van der Waals surface area contributed by atoms with E-state index < -0.39 is 23.1 Å². The van der Waals surface area contributed by atoms with E-state index in [1.54, 1.807) is 12.1 Å². The molecule has 0 saturated heterocycles. The van der Waals surface area contributed by atoms with Gasteiger partial charge in [-0.2, -0.15) is 10.5 Å². The van der Waals surface area contributed by atoms with Gasteiger partial charge in [-0.15, -0.1) is 0 Å². The highest BCUT2D eigenvalue weighted by molar-refractivity contribution is 6.24. The molecule has 1 aromatic carbocycles. The number of benzene rings is 1. The highest BCUT2D eigenvalue weighted by atomic mass is 16.4. The molecule has 0 radical (unpaired) electrons. The Morgan fingerprint density at radius 3 is 1.42 bits per heavy atom. The Kier molecular flexibility index (Phi) is 5.99. The maximum atomic E-state index is 11.6. The maximum absolute atomic E-state index is 11.6. The van der Waals surface area contributed by atoms with Gasteiger partial charge >= 0.3 is 11.9 Å². The number of aliphatic carboxylic acids is 2. The first-order chi connectivity index (χ1) is 11.4. The number of carboxylic acids is 2. The molecule has 0 aliphatic rings. The Hall–Kier alpha value is -3.90. The van der Waals surface area contributed by atoms with E-state index in [4.69, 9.17) is 10.5 Å². The van der Waals surface area contributed by atoms with Crippen LogP contribution in [0.15, 0.2) is 60.7 Å². The summed E-state index contributed by atoms with van der Waals surface area (Å²) in [6.45, 7) is 6.79. The largest absolute Gasteiger partial charge is 0.478 e. The van der Waals surface area contributed by atoms with Crippen LogP contribution in [0.2, 0.25) is 0 Å². The summed E-state index contributed by atoms with van der Waals surface area (Å²) in [7, 11) is 0. The highest BCUT2D eigenvalue weighted by Crippen LogP contribution is 2.30. The first-order valence-electron chi connectivity index (χ1n) is 6.52. The van der Waals surface area contributed by atoms with Crippen molar-refractivity contribution in [1.82, 2.24) is 0 Å². The Morgan fingerprint density at radius 1 is 0.875 bits per heavy atom. The third kappa shape index (κ3) is 3.46. The lowest BCUT2D eigenvalue weighted by molar-refractivity contribution is -0.131. The monoisotopic (exact) mass is 320 g/mol. The van der Waals surface area contributed by atoms with E-state index in [1.807, 2.05) is 0 Å². The Bertz CT molecular complexity index is 804. The molecule has 1 rings (SSSR count). The second-order valence-electron chi connectivity index (χ2n) is 4.37. The topological polar surface area (TPSA) is 122 Å². The van der Waals surface area contributed by atoms with Crippen molar-refractivity contribution in [2.24, 2.45) is 0 Å². The molecule has 0 saturated carbocycles. The van der Waals surface area contributed by atoms with E-state index in [-0.39, 0.29) is 22.3 Å². The molecule has 0 unspecified atom stereocenters. The molecular weight excluding hydrogens is 308 g/mol. The summed E-state index contributed by atoms with van der Waals surface area (Å²) < 4.78 is 0. The first kappa shape index (κ1) is 18.1. The highest BCUT2D eigenvalue weighted by Gasteiger charge is 2.24. The molecule has 0 bridgehead atoms. The van der Waals surface area contributed by atoms with Gasteiger partial charge in [-0.3, -0.25) is 0 Å². The van der Waals surface area contributed by atoms with E-state index >= 15 is 0 Å². The molecule has 0 aromatic heterocycles. The van der Waals surface area contributed by atoms with Crippen LogP contribution in [-0.2, 0) is 9.59 Å². The summed E-state index contributed by atoms with van der Waals surface area (Å²) in [5.74, 6) is -2.83. The summed E-state index contributed by atoms with van der Waals surface area (Å²) in [5.41, 5.74) is -1.26. The molecule has 0 fully saturated rings. The third-order valence-electron chi connectivity index (χ3n) is 3.08. The molecule has 24 heavy (non-hydrogen) atoms. The third-order valence-corrected chi connectivity index (χ3v) is 3.08. The standard InChI is InChI=1S/C18H12N2O4/c1-3-11(9-19)15(17(21)22)13-7-5-6-8-14(13)16(18(23)24)12(4-2)10-20/h3-8H,1-2H2,(H,21,22)(H,23,24). The minimum Gasteiger partial charge on any atom is -0.478 e. The lowest BCUT2D eigenvalue weighted by Crippen LogP contribution is -2.09. The summed E-state index contributed by atoms with van der Waals surface area (Å²) in [6.07, 6.45) is 2.15. The van der Waals surface area contributed by atoms with Gasteiger partial charge in [0, 0.05) is 0 Å². The Balaban J connectivity index is 4.00. The molecule has 118 valence electrons. The second kappa shape index (κ2) is 7.92. The predicted octanol–water partition coefficient (Wildman–Crippen LogP) is 2.78. The number of hydrogen-bond acceptors (Lipinski definition) is 4. The molecule has 0 atom stereocenters. The maximum Gasteiger partial charge on any atom is 0.337 e. The average molecular weight is 320 g/mol. The van der Waals surface area contributed by atoms with Crippen molar-refractivity contribution >= 4 is 23.1 Å². The zero-order valence-corrected chi connectivity index (χ0v) is 12.5. The average Bonchev–Trinajstić information content (AvgIpc) is 2.56. The molecule has 1 aromatic rings. The number of nitrogens with zero attached hydrogens (tertiary/aromatic N) is 2. The molecule has 6 nitrogen and oxygen atoms in total. The molecule has 0 spiro atoms. The predicted molar refractivity (Wildman–Crippen MR) is 87.2 cm³/mol. The number of carbonyl (C=O) groups is 2. The molecule has 2 N–H and O–H groups in total. The molecule has 6 heteroatoms. The van der Waals surface area contributed by atoms with Crippen molar-refractivity contribution in [2.75, 3.05) is 0 Å². The fourth-order valence-electron chi connectivity index (χ4n) is 2.08. The van der Waals surface area contributed by atoms with Gasteiger partial charge in [-0.1, -0.05) is 49.6 Å². The van der Waals surface area contributed by atoms with Gasteiger partial charge in [0.2, 0.25) is 0 Å². The van der Waals surface area contributed by atoms with Crippen LogP contribution in [0.5, 0.6) is 0 Å². The van der Waals surface area contributed by atoms with Crippen molar-refractivity contribution in [1.29, 1.82) is 10.5 Å². The summed E-state index contributed by atoms with van der Waals surface area (Å²) in [5, 5.41) is 37.1. The number of hydrogen-bond donors (Lipinski definition) is 2. The quantitative estimate of drug-likeness (QED) is 0.472.